The molecule has 1 aliphatic rings. The zero-order valence-electron chi connectivity index (χ0n) is 11.4. The molecular weight excluding hydrogens is 315 g/mol. The van der Waals surface area contributed by atoms with Gasteiger partial charge in [0.1, 0.15) is 28.8 Å². The second-order valence-electron chi connectivity index (χ2n) is 5.24. The van der Waals surface area contributed by atoms with Crippen LogP contribution >= 0.6 is 23.0 Å². The zero-order valence-corrected chi connectivity index (χ0v) is 13.6. The van der Waals surface area contributed by atoms with Gasteiger partial charge in [0.2, 0.25) is 0 Å². The highest BCUT2D eigenvalue weighted by atomic mass is 127. The third-order valence-electron chi connectivity index (χ3n) is 4.28. The minimum Gasteiger partial charge on any atom is -0.315 e. The fraction of sp³-hybridized carbons (Fsp3) is 0.923. The van der Waals surface area contributed by atoms with E-state index in [2.05, 4.69) is 20.8 Å². The van der Waals surface area contributed by atoms with Crippen LogP contribution in [0, 0.1) is 16.7 Å². The molecular formula is C13H25IO2. The normalized spacial score (nSPS) is 31.8. The van der Waals surface area contributed by atoms with E-state index in [1.807, 2.05) is 36.9 Å². The van der Waals surface area contributed by atoms with Gasteiger partial charge in [-0.15, -0.1) is 0 Å². The third kappa shape index (κ3) is 2.97. The van der Waals surface area contributed by atoms with Crippen LogP contribution in [0.4, 0.5) is 0 Å². The summed E-state index contributed by atoms with van der Waals surface area (Å²) in [4.78, 5) is 11.5. The molecule has 1 aliphatic carbocycles. The van der Waals surface area contributed by atoms with Crippen molar-refractivity contribution in [3.63, 3.8) is 0 Å². The molecule has 0 aliphatic heterocycles. The summed E-state index contributed by atoms with van der Waals surface area (Å²) in [6, 6.07) is 0. The molecule has 1 rings (SSSR count). The van der Waals surface area contributed by atoms with Gasteiger partial charge in [0.15, 0.2) is 0 Å². The molecule has 0 aromatic rings. The number of carbonyl (C=O) groups excluding carboxylic acids is 1. The van der Waals surface area contributed by atoms with Crippen LogP contribution in [0.15, 0.2) is 0 Å². The van der Waals surface area contributed by atoms with E-state index in [0.717, 1.165) is 19.4 Å². The Bertz CT molecular complexity index is 238. The Morgan fingerprint density at radius 3 is 2.19 bits per heavy atom. The molecule has 2 nitrogen and oxygen atoms in total. The minimum absolute atomic E-state index is 0.0595. The number of halogens is 1. The summed E-state index contributed by atoms with van der Waals surface area (Å²) in [5.74, 6) is 0.534. The number of Topliss-reactive ketones (excluding diaryl/α,β-unsaturated/α-hetero) is 1. The predicted octanol–water partition coefficient (Wildman–Crippen LogP) is 4.41. The van der Waals surface area contributed by atoms with Crippen LogP contribution in [0.5, 0.6) is 0 Å². The lowest BCUT2D eigenvalue weighted by atomic mass is 9.65. The van der Waals surface area contributed by atoms with Crippen LogP contribution in [-0.2, 0) is 7.86 Å². The highest BCUT2D eigenvalue weighted by Crippen LogP contribution is 2.56. The van der Waals surface area contributed by atoms with Crippen molar-refractivity contribution in [2.45, 2.75) is 54.4 Å². The van der Waals surface area contributed by atoms with Gasteiger partial charge in [0, 0.05) is 5.92 Å². The van der Waals surface area contributed by atoms with Crippen LogP contribution < -0.4 is 0 Å². The number of carbonyl (C=O) groups is 1. The molecule has 0 radical (unpaired) electrons. The molecule has 3 heteroatoms. The molecule has 96 valence electrons. The average molecular weight is 340 g/mol. The van der Waals surface area contributed by atoms with Gasteiger partial charge in [-0.1, -0.05) is 34.6 Å². The molecule has 16 heavy (non-hydrogen) atoms. The van der Waals surface area contributed by atoms with Gasteiger partial charge in [-0.3, -0.25) is 4.79 Å². The van der Waals surface area contributed by atoms with Crippen LogP contribution in [0.25, 0.3) is 0 Å². The Morgan fingerprint density at radius 2 is 1.88 bits per heavy atom. The zero-order chi connectivity index (χ0) is 13.0. The monoisotopic (exact) mass is 340 g/mol. The summed E-state index contributed by atoms with van der Waals surface area (Å²) in [5, 5.41) is 0. The van der Waals surface area contributed by atoms with Crippen molar-refractivity contribution in [3.8, 4) is 0 Å². The second kappa shape index (κ2) is 6.34. The summed E-state index contributed by atoms with van der Waals surface area (Å²) in [7, 11) is 0. The van der Waals surface area contributed by atoms with Gasteiger partial charge in [0.05, 0.1) is 6.61 Å². The summed E-state index contributed by atoms with van der Waals surface area (Å²) in [6.07, 6.45) is 2.10. The number of rotatable bonds is 3. The molecule has 0 aromatic carbocycles. The van der Waals surface area contributed by atoms with Gasteiger partial charge in [-0.2, -0.15) is 0 Å². The molecule has 0 heterocycles. The number of hydrogen-bond donors (Lipinski definition) is 0. The van der Waals surface area contributed by atoms with Crippen LogP contribution in [0.1, 0.15) is 54.4 Å². The van der Waals surface area contributed by atoms with Crippen LogP contribution in [0.3, 0.4) is 0 Å². The highest BCUT2D eigenvalue weighted by Gasteiger charge is 2.52. The SMILES string of the molecule is CC.CC(=O)[C@H]1CC[C@@](C)(COI)C1(C)C. The van der Waals surface area contributed by atoms with Gasteiger partial charge in [0.25, 0.3) is 0 Å². The molecule has 0 N–H and O–H groups in total. The summed E-state index contributed by atoms with van der Waals surface area (Å²) < 4.78 is 5.25. The first kappa shape index (κ1) is 16.4. The van der Waals surface area contributed by atoms with E-state index in [9.17, 15) is 4.79 Å². The van der Waals surface area contributed by atoms with Crippen molar-refractivity contribution in [1.29, 1.82) is 0 Å². The van der Waals surface area contributed by atoms with E-state index in [-0.39, 0.29) is 16.7 Å². The van der Waals surface area contributed by atoms with E-state index in [1.54, 1.807) is 6.92 Å². The molecule has 2 atom stereocenters. The number of ketones is 1. The first-order chi connectivity index (χ1) is 7.35. The van der Waals surface area contributed by atoms with Gasteiger partial charge < -0.3 is 3.07 Å². The maximum Gasteiger partial charge on any atom is 0.133 e. The lowest BCUT2D eigenvalue weighted by molar-refractivity contribution is -0.125. The smallest absolute Gasteiger partial charge is 0.133 e. The Labute approximate surface area is 114 Å². The summed E-state index contributed by atoms with van der Waals surface area (Å²) in [6.45, 7) is 13.1. The standard InChI is InChI=1S/C11H19IO2.C2H6/c1-8(13)9-5-6-11(4,7-14-12)10(9,2)3;1-2/h9H,5-7H2,1-4H3;1-2H3/t9-,11+;/m1./s1. The molecule has 0 amide bonds. The largest absolute Gasteiger partial charge is 0.315 e. The molecule has 0 saturated heterocycles. The van der Waals surface area contributed by atoms with Gasteiger partial charge >= 0.3 is 0 Å². The predicted molar refractivity (Wildman–Crippen MR) is 76.6 cm³/mol. The van der Waals surface area contributed by atoms with E-state index in [1.165, 1.54) is 0 Å². The van der Waals surface area contributed by atoms with E-state index in [4.69, 9.17) is 3.07 Å². The van der Waals surface area contributed by atoms with Crippen LogP contribution in [0.2, 0.25) is 0 Å². The Balaban J connectivity index is 0.00000106. The summed E-state index contributed by atoms with van der Waals surface area (Å²) >= 11 is 1.94. The lowest BCUT2D eigenvalue weighted by Crippen LogP contribution is -2.39. The minimum atomic E-state index is 0.0595. The van der Waals surface area contributed by atoms with Crippen molar-refractivity contribution in [3.05, 3.63) is 0 Å². The number of hydrogen-bond acceptors (Lipinski definition) is 2. The maximum atomic E-state index is 11.5. The third-order valence-corrected chi connectivity index (χ3v) is 4.59. The molecule has 1 fully saturated rings. The maximum absolute atomic E-state index is 11.5. The molecule has 0 spiro atoms. The van der Waals surface area contributed by atoms with Crippen molar-refractivity contribution in [2.24, 2.45) is 16.7 Å². The fourth-order valence-electron chi connectivity index (χ4n) is 2.66. The summed E-state index contributed by atoms with van der Waals surface area (Å²) in [5.41, 5.74) is 0.203. The van der Waals surface area contributed by atoms with Gasteiger partial charge in [-0.25, -0.2) is 0 Å². The molecule has 0 bridgehead atoms. The van der Waals surface area contributed by atoms with E-state index in [0.29, 0.717) is 5.78 Å². The quantitative estimate of drug-likeness (QED) is 0.712. The fourth-order valence-corrected chi connectivity index (χ4v) is 3.34. The Hall–Kier alpha value is 0.360. The second-order valence-corrected chi connectivity index (χ2v) is 5.86. The topological polar surface area (TPSA) is 26.3 Å². The van der Waals surface area contributed by atoms with Crippen LogP contribution in [-0.4, -0.2) is 12.4 Å². The Kier molecular flexibility index (Phi) is 6.48. The average Bonchev–Trinajstić information content (AvgIpc) is 2.42. The van der Waals surface area contributed by atoms with Crippen molar-refractivity contribution < 1.29 is 7.86 Å². The molecule has 0 aromatic heterocycles. The molecule has 0 unspecified atom stereocenters. The van der Waals surface area contributed by atoms with Crippen molar-refractivity contribution in [1.82, 2.24) is 0 Å². The van der Waals surface area contributed by atoms with E-state index < -0.39 is 0 Å². The molecule has 1 saturated carbocycles. The Morgan fingerprint density at radius 1 is 1.38 bits per heavy atom. The van der Waals surface area contributed by atoms with E-state index >= 15 is 0 Å². The van der Waals surface area contributed by atoms with Crippen molar-refractivity contribution in [2.75, 3.05) is 6.61 Å². The first-order valence-corrected chi connectivity index (χ1v) is 6.97. The highest BCUT2D eigenvalue weighted by molar-refractivity contribution is 14.1. The van der Waals surface area contributed by atoms with Gasteiger partial charge in [-0.05, 0) is 30.6 Å². The van der Waals surface area contributed by atoms with Crippen molar-refractivity contribution >= 4 is 28.8 Å². The lowest BCUT2D eigenvalue weighted by Gasteiger charge is -2.40. The first-order valence-electron chi connectivity index (χ1n) is 6.09.